The van der Waals surface area contributed by atoms with Crippen molar-refractivity contribution in [3.63, 3.8) is 0 Å². The lowest BCUT2D eigenvalue weighted by Crippen LogP contribution is -2.23. The Morgan fingerprint density at radius 2 is 1.92 bits per heavy atom. The normalized spacial score (nSPS) is 17.5. The van der Waals surface area contributed by atoms with Crippen molar-refractivity contribution in [3.05, 3.63) is 88.3 Å². The number of hydrogen-bond donors (Lipinski definition) is 0. The molecule has 1 aromatic heterocycles. The first-order valence-corrected chi connectivity index (χ1v) is 12.8. The van der Waals surface area contributed by atoms with Gasteiger partial charge in [0, 0.05) is 40.5 Å². The number of aromatic nitrogens is 3. The van der Waals surface area contributed by atoms with Crippen LogP contribution in [0.3, 0.4) is 0 Å². The number of alkyl halides is 3. The van der Waals surface area contributed by atoms with Crippen molar-refractivity contribution in [3.8, 4) is 0 Å². The largest absolute Gasteiger partial charge is 0.476 e. The molecule has 3 aromatic rings. The molecule has 6 nitrogen and oxygen atoms in total. The van der Waals surface area contributed by atoms with E-state index < -0.39 is 34.4 Å². The number of allylic oxidation sites excluding steroid dienone is 1. The molecule has 0 saturated carbocycles. The fourth-order valence-corrected chi connectivity index (χ4v) is 4.33. The number of aryl methyl sites for hydroxylation is 1. The molecule has 1 fully saturated rings. The predicted octanol–water partition coefficient (Wildman–Crippen LogP) is 6.02. The zero-order chi connectivity index (χ0) is 26.5. The third-order valence-corrected chi connectivity index (χ3v) is 6.72. The fourth-order valence-electron chi connectivity index (χ4n) is 3.54. The van der Waals surface area contributed by atoms with Crippen LogP contribution in [0.1, 0.15) is 36.7 Å². The Morgan fingerprint density at radius 3 is 2.47 bits per heavy atom. The lowest BCUT2D eigenvalue weighted by molar-refractivity contribution is -0.137. The van der Waals surface area contributed by atoms with E-state index in [0.717, 1.165) is 17.8 Å². The molecule has 2 unspecified atom stereocenters. The van der Waals surface area contributed by atoms with Crippen LogP contribution < -0.4 is 4.90 Å². The second-order valence-electron chi connectivity index (χ2n) is 7.83. The van der Waals surface area contributed by atoms with Gasteiger partial charge >= 0.3 is 6.18 Å². The highest BCUT2D eigenvalue weighted by Gasteiger charge is 2.36. The molecule has 36 heavy (non-hydrogen) atoms. The van der Waals surface area contributed by atoms with Gasteiger partial charge in [-0.2, -0.15) is 13.2 Å². The molecule has 1 aliphatic heterocycles. The maximum Gasteiger partial charge on any atom is 0.416 e. The van der Waals surface area contributed by atoms with Gasteiger partial charge in [0.2, 0.25) is 0 Å². The summed E-state index contributed by atoms with van der Waals surface area (Å²) in [5.74, 6) is 0.751. The van der Waals surface area contributed by atoms with Crippen molar-refractivity contribution < 1.29 is 26.5 Å². The molecule has 0 spiro atoms. The number of halogens is 5. The monoisotopic (exact) mass is 544 g/mol. The van der Waals surface area contributed by atoms with Crippen molar-refractivity contribution in [2.24, 2.45) is 7.05 Å². The topological polar surface area (TPSA) is 60.2 Å². The van der Waals surface area contributed by atoms with E-state index in [1.54, 1.807) is 60.1 Å². The van der Waals surface area contributed by atoms with E-state index in [1.807, 2.05) is 6.92 Å². The number of anilines is 1. The Balaban J connectivity index is 0.000000275. The third kappa shape index (κ3) is 7.07. The average Bonchev–Trinajstić information content (AvgIpc) is 3.44. The van der Waals surface area contributed by atoms with Crippen molar-refractivity contribution in [1.29, 1.82) is 0 Å². The molecule has 1 aliphatic rings. The lowest BCUT2D eigenvalue weighted by atomic mass is 10.0. The number of nitrogens with zero attached hydrogens (tertiary/aromatic N) is 4. The van der Waals surface area contributed by atoms with E-state index in [9.17, 15) is 21.8 Å². The SMILES string of the molecule is C/C=C1\OCC(c2cc(F)cc(C(F)(F)F)c2)N1c1ccc(Cl)cc1.CCS(=O)Cc1cn(C)nn1. The quantitative estimate of drug-likeness (QED) is 0.368. The van der Waals surface area contributed by atoms with Gasteiger partial charge in [0.05, 0.1) is 23.1 Å². The summed E-state index contributed by atoms with van der Waals surface area (Å²) in [7, 11) is 1.02. The van der Waals surface area contributed by atoms with E-state index in [-0.39, 0.29) is 12.2 Å². The molecule has 1 saturated heterocycles. The molecule has 12 heteroatoms. The van der Waals surface area contributed by atoms with E-state index in [4.69, 9.17) is 16.3 Å². The Kier molecular flexibility index (Phi) is 9.13. The van der Waals surface area contributed by atoms with Gasteiger partial charge in [-0.15, -0.1) is 5.10 Å². The first-order chi connectivity index (χ1) is 17.0. The van der Waals surface area contributed by atoms with Crippen molar-refractivity contribution in [2.45, 2.75) is 31.8 Å². The molecule has 2 aromatic carbocycles. The molecule has 0 amide bonds. The first-order valence-electron chi connectivity index (χ1n) is 10.9. The fraction of sp³-hybridized carbons (Fsp3) is 0.333. The summed E-state index contributed by atoms with van der Waals surface area (Å²) in [5.41, 5.74) is 0.664. The van der Waals surface area contributed by atoms with Crippen LogP contribution in [-0.2, 0) is 34.5 Å². The van der Waals surface area contributed by atoms with Crippen LogP contribution in [0.2, 0.25) is 5.02 Å². The smallest absolute Gasteiger partial charge is 0.416 e. The minimum Gasteiger partial charge on any atom is -0.476 e. The summed E-state index contributed by atoms with van der Waals surface area (Å²) in [5, 5.41) is 8.09. The number of benzene rings is 2. The van der Waals surface area contributed by atoms with Gasteiger partial charge in [-0.05, 0) is 61.0 Å². The molecule has 0 aliphatic carbocycles. The molecule has 194 valence electrons. The van der Waals surface area contributed by atoms with Gasteiger partial charge in [-0.3, -0.25) is 8.89 Å². The van der Waals surface area contributed by atoms with Crippen molar-refractivity contribution in [2.75, 3.05) is 17.3 Å². The van der Waals surface area contributed by atoms with Gasteiger partial charge < -0.3 is 9.64 Å². The highest BCUT2D eigenvalue weighted by molar-refractivity contribution is 7.84. The van der Waals surface area contributed by atoms with Crippen LogP contribution in [-0.4, -0.2) is 31.6 Å². The highest BCUT2D eigenvalue weighted by Crippen LogP contribution is 2.40. The van der Waals surface area contributed by atoms with Gasteiger partial charge in [0.1, 0.15) is 12.4 Å². The summed E-state index contributed by atoms with van der Waals surface area (Å²) >= 11 is 5.89. The van der Waals surface area contributed by atoms with Crippen molar-refractivity contribution >= 4 is 28.1 Å². The van der Waals surface area contributed by atoms with Crippen LogP contribution >= 0.6 is 11.6 Å². The van der Waals surface area contributed by atoms with E-state index in [0.29, 0.717) is 34.2 Å². The molecule has 4 rings (SSSR count). The zero-order valence-corrected chi connectivity index (χ0v) is 21.4. The zero-order valence-electron chi connectivity index (χ0n) is 19.8. The summed E-state index contributed by atoms with van der Waals surface area (Å²) in [6, 6.07) is 8.78. The second-order valence-corrected chi connectivity index (χ2v) is 10.0. The molecule has 0 radical (unpaired) electrons. The van der Waals surface area contributed by atoms with Gasteiger partial charge in [0.15, 0.2) is 5.88 Å². The Bertz CT molecular complexity index is 1230. The van der Waals surface area contributed by atoms with Crippen LogP contribution in [0.4, 0.5) is 23.2 Å². The number of rotatable bonds is 5. The molecule has 2 heterocycles. The van der Waals surface area contributed by atoms with Gasteiger partial charge in [-0.25, -0.2) is 4.39 Å². The summed E-state index contributed by atoms with van der Waals surface area (Å²) in [6.07, 6.45) is -1.13. The lowest BCUT2D eigenvalue weighted by Gasteiger charge is -2.25. The number of hydrogen-bond acceptors (Lipinski definition) is 5. The summed E-state index contributed by atoms with van der Waals surface area (Å²) in [6.45, 7) is 3.77. The minimum absolute atomic E-state index is 0.114. The van der Waals surface area contributed by atoms with E-state index in [2.05, 4.69) is 10.3 Å². The predicted molar refractivity (Wildman–Crippen MR) is 131 cm³/mol. The Labute approximate surface area is 214 Å². The standard InChI is InChI=1S/C18H14ClF4NO.C6H11N3OS/c1-2-17-24(15-5-3-13(19)4-6-15)16(10-25-17)11-7-12(18(21,22)23)9-14(20)8-11;1-3-11(10)5-6-4-9(2)8-7-6/h2-9,16H,10H2,1H3;4H,3,5H2,1-2H3/b17-2-;. The van der Waals surface area contributed by atoms with Gasteiger partial charge in [-0.1, -0.05) is 23.7 Å². The third-order valence-electron chi connectivity index (χ3n) is 5.20. The maximum atomic E-state index is 13.8. The van der Waals surface area contributed by atoms with Gasteiger partial charge in [0.25, 0.3) is 0 Å². The summed E-state index contributed by atoms with van der Waals surface area (Å²) < 4.78 is 71.0. The van der Waals surface area contributed by atoms with Crippen LogP contribution in [0.15, 0.2) is 60.6 Å². The Morgan fingerprint density at radius 1 is 1.22 bits per heavy atom. The van der Waals surface area contributed by atoms with Crippen LogP contribution in [0.25, 0.3) is 0 Å². The van der Waals surface area contributed by atoms with Crippen LogP contribution in [0.5, 0.6) is 0 Å². The average molecular weight is 545 g/mol. The summed E-state index contributed by atoms with van der Waals surface area (Å²) in [4.78, 5) is 1.73. The van der Waals surface area contributed by atoms with E-state index >= 15 is 0 Å². The van der Waals surface area contributed by atoms with Crippen molar-refractivity contribution in [1.82, 2.24) is 15.0 Å². The number of ether oxygens (including phenoxy) is 1. The molecule has 0 bridgehead atoms. The second kappa shape index (κ2) is 11.9. The molecular weight excluding hydrogens is 520 g/mol. The molecular formula is C24H25ClF4N4O2S. The highest BCUT2D eigenvalue weighted by atomic mass is 35.5. The van der Waals surface area contributed by atoms with Crippen LogP contribution in [0, 0.1) is 5.82 Å². The Hall–Kier alpha value is -2.92. The minimum atomic E-state index is -4.62. The maximum absolute atomic E-state index is 13.8. The molecule has 2 atom stereocenters. The van der Waals surface area contributed by atoms with E-state index in [1.165, 1.54) is 0 Å². The molecule has 0 N–H and O–H groups in total. The first kappa shape index (κ1) is 27.7.